The van der Waals surface area contributed by atoms with E-state index in [1.165, 1.54) is 6.08 Å². The highest BCUT2D eigenvalue weighted by atomic mass is 16.2. The number of carbonyl (C=O) groups excluding carboxylic acids is 2. The van der Waals surface area contributed by atoms with Gasteiger partial charge in [0.15, 0.2) is 5.78 Å². The molecule has 0 unspecified atom stereocenters. The van der Waals surface area contributed by atoms with E-state index < -0.39 is 0 Å². The van der Waals surface area contributed by atoms with Gasteiger partial charge in [-0.15, -0.1) is 0 Å². The minimum atomic E-state index is -0.247. The Morgan fingerprint density at radius 3 is 2.30 bits per heavy atom. The molecule has 23 heavy (non-hydrogen) atoms. The molecule has 0 radical (unpaired) electrons. The van der Waals surface area contributed by atoms with Crippen molar-refractivity contribution >= 4 is 11.8 Å². The number of rotatable bonds is 4. The summed E-state index contributed by atoms with van der Waals surface area (Å²) in [6, 6.07) is 18.4. The second-order valence-electron chi connectivity index (χ2n) is 5.19. The lowest BCUT2D eigenvalue weighted by molar-refractivity contribution is 0.104. The van der Waals surface area contributed by atoms with Crippen molar-refractivity contribution in [1.29, 1.82) is 0 Å². The van der Waals surface area contributed by atoms with Gasteiger partial charge in [0.1, 0.15) is 0 Å². The molecule has 1 aliphatic rings. The largest absolute Gasteiger partial charge is 0.326 e. The van der Waals surface area contributed by atoms with Crippen molar-refractivity contribution < 1.29 is 9.59 Å². The van der Waals surface area contributed by atoms with Crippen molar-refractivity contribution in [3.63, 3.8) is 0 Å². The van der Waals surface area contributed by atoms with Crippen molar-refractivity contribution in [3.05, 3.63) is 95.8 Å². The average Bonchev–Trinajstić information content (AvgIpc) is 2.59. The molecule has 0 atom stereocenters. The molecule has 0 saturated heterocycles. The summed E-state index contributed by atoms with van der Waals surface area (Å²) in [6.07, 6.45) is 4.85. The van der Waals surface area contributed by atoms with Crippen LogP contribution in [0.2, 0.25) is 0 Å². The number of urea groups is 1. The number of allylic oxidation sites excluding steroid dienone is 2. The molecule has 0 saturated carbocycles. The summed E-state index contributed by atoms with van der Waals surface area (Å²) in [7, 11) is 0. The molecule has 1 aliphatic heterocycles. The minimum absolute atomic E-state index is 0.137. The quantitative estimate of drug-likeness (QED) is 0.694. The molecule has 3 rings (SSSR count). The Kier molecular flexibility index (Phi) is 4.34. The fourth-order valence-electron chi connectivity index (χ4n) is 2.29. The zero-order valence-corrected chi connectivity index (χ0v) is 12.5. The molecule has 0 bridgehead atoms. The predicted octanol–water partition coefficient (Wildman–Crippen LogP) is 3.49. The number of hydrogen-bond donors (Lipinski definition) is 1. The van der Waals surface area contributed by atoms with Gasteiger partial charge >= 0.3 is 6.03 Å². The lowest BCUT2D eigenvalue weighted by Crippen LogP contribution is -2.38. The Bertz CT molecular complexity index is 764. The van der Waals surface area contributed by atoms with E-state index in [1.54, 1.807) is 29.3 Å². The third-order valence-corrected chi connectivity index (χ3v) is 3.49. The number of carbonyl (C=O) groups is 2. The molecule has 4 heteroatoms. The summed E-state index contributed by atoms with van der Waals surface area (Å²) in [5, 5.41) is 2.73. The summed E-state index contributed by atoms with van der Waals surface area (Å²) in [6.45, 7) is 0.489. The number of nitrogens with one attached hydrogen (secondary N) is 1. The zero-order valence-electron chi connectivity index (χ0n) is 12.5. The Morgan fingerprint density at radius 2 is 1.65 bits per heavy atom. The van der Waals surface area contributed by atoms with Crippen LogP contribution in [0.1, 0.15) is 15.9 Å². The molecule has 0 fully saturated rings. The number of nitrogens with zero attached hydrogens (tertiary/aromatic N) is 1. The van der Waals surface area contributed by atoms with Crippen LogP contribution in [0.5, 0.6) is 0 Å². The van der Waals surface area contributed by atoms with Crippen LogP contribution in [-0.4, -0.2) is 16.7 Å². The van der Waals surface area contributed by atoms with Crippen molar-refractivity contribution in [2.45, 2.75) is 6.54 Å². The maximum Gasteiger partial charge on any atom is 0.326 e. The Balaban J connectivity index is 1.71. The average molecular weight is 304 g/mol. The first-order valence-electron chi connectivity index (χ1n) is 7.33. The number of benzene rings is 2. The molecule has 1 N–H and O–H groups in total. The van der Waals surface area contributed by atoms with Crippen molar-refractivity contribution in [2.24, 2.45) is 0 Å². The summed E-state index contributed by atoms with van der Waals surface area (Å²) in [5.41, 5.74) is 2.13. The van der Waals surface area contributed by atoms with Gasteiger partial charge in [-0.25, -0.2) is 4.79 Å². The van der Waals surface area contributed by atoms with Gasteiger partial charge in [-0.05, 0) is 11.6 Å². The van der Waals surface area contributed by atoms with E-state index in [9.17, 15) is 9.59 Å². The maximum atomic E-state index is 12.1. The van der Waals surface area contributed by atoms with E-state index in [4.69, 9.17) is 0 Å². The number of hydrogen-bond acceptors (Lipinski definition) is 2. The first kappa shape index (κ1) is 14.8. The van der Waals surface area contributed by atoms with Gasteiger partial charge in [-0.1, -0.05) is 60.7 Å². The predicted molar refractivity (Wildman–Crippen MR) is 88.5 cm³/mol. The SMILES string of the molecule is O=C(C=C1C=CN(Cc2ccccc2)C(=O)N1)c1ccccc1. The summed E-state index contributed by atoms with van der Waals surface area (Å²) in [4.78, 5) is 25.8. The van der Waals surface area contributed by atoms with Gasteiger partial charge in [-0.2, -0.15) is 0 Å². The lowest BCUT2D eigenvalue weighted by atomic mass is 10.1. The molecule has 114 valence electrons. The highest BCUT2D eigenvalue weighted by Crippen LogP contribution is 2.12. The monoisotopic (exact) mass is 304 g/mol. The van der Waals surface area contributed by atoms with Gasteiger partial charge in [0.2, 0.25) is 0 Å². The van der Waals surface area contributed by atoms with E-state index in [-0.39, 0.29) is 11.8 Å². The van der Waals surface area contributed by atoms with Gasteiger partial charge in [0.25, 0.3) is 0 Å². The standard InChI is InChI=1S/C19H16N2O2/c22-18(16-9-5-2-6-10-16)13-17-11-12-21(19(23)20-17)14-15-7-3-1-4-8-15/h1-13H,14H2,(H,20,23). The van der Waals surface area contributed by atoms with Crippen LogP contribution < -0.4 is 5.32 Å². The van der Waals surface area contributed by atoms with E-state index >= 15 is 0 Å². The third-order valence-electron chi connectivity index (χ3n) is 3.49. The van der Waals surface area contributed by atoms with Crippen LogP contribution in [-0.2, 0) is 6.54 Å². The van der Waals surface area contributed by atoms with Crippen LogP contribution in [0.15, 0.2) is 84.7 Å². The Morgan fingerprint density at radius 1 is 1.00 bits per heavy atom. The van der Waals surface area contributed by atoms with E-state index in [0.717, 1.165) is 5.56 Å². The number of amides is 2. The normalized spacial score (nSPS) is 15.6. The van der Waals surface area contributed by atoms with Gasteiger partial charge in [-0.3, -0.25) is 9.69 Å². The minimum Gasteiger partial charge on any atom is -0.307 e. The molecule has 2 aromatic rings. The summed E-state index contributed by atoms with van der Waals surface area (Å²) < 4.78 is 0. The topological polar surface area (TPSA) is 49.4 Å². The van der Waals surface area contributed by atoms with Crippen molar-refractivity contribution in [2.75, 3.05) is 0 Å². The van der Waals surface area contributed by atoms with Crippen LogP contribution in [0, 0.1) is 0 Å². The molecule has 0 spiro atoms. The van der Waals surface area contributed by atoms with E-state index in [1.807, 2.05) is 48.5 Å². The van der Waals surface area contributed by atoms with Crippen LogP contribution in [0.25, 0.3) is 0 Å². The van der Waals surface area contributed by atoms with Crippen molar-refractivity contribution in [1.82, 2.24) is 10.2 Å². The van der Waals surface area contributed by atoms with E-state index in [2.05, 4.69) is 5.32 Å². The highest BCUT2D eigenvalue weighted by Gasteiger charge is 2.17. The molecule has 0 aliphatic carbocycles. The first-order valence-corrected chi connectivity index (χ1v) is 7.33. The summed E-state index contributed by atoms with van der Waals surface area (Å²) >= 11 is 0. The Hall–Kier alpha value is -3.14. The van der Waals surface area contributed by atoms with Crippen LogP contribution in [0.3, 0.4) is 0 Å². The Labute approximate surface area is 134 Å². The second kappa shape index (κ2) is 6.75. The highest BCUT2D eigenvalue weighted by molar-refractivity contribution is 6.05. The lowest BCUT2D eigenvalue weighted by Gasteiger charge is -2.23. The molecule has 4 nitrogen and oxygen atoms in total. The fraction of sp³-hybridized carbons (Fsp3) is 0.0526. The van der Waals surface area contributed by atoms with E-state index in [0.29, 0.717) is 17.8 Å². The number of ketones is 1. The van der Waals surface area contributed by atoms with Crippen LogP contribution in [0.4, 0.5) is 4.79 Å². The summed E-state index contributed by atoms with van der Waals surface area (Å²) in [5.74, 6) is -0.137. The zero-order chi connectivity index (χ0) is 16.1. The maximum absolute atomic E-state index is 12.1. The van der Waals surface area contributed by atoms with Crippen molar-refractivity contribution in [3.8, 4) is 0 Å². The first-order chi connectivity index (χ1) is 11.2. The van der Waals surface area contributed by atoms with Gasteiger partial charge < -0.3 is 5.32 Å². The fourth-order valence-corrected chi connectivity index (χ4v) is 2.29. The van der Waals surface area contributed by atoms with Crippen LogP contribution >= 0.6 is 0 Å². The molecule has 0 aromatic heterocycles. The molecule has 2 amide bonds. The third kappa shape index (κ3) is 3.74. The molecule has 1 heterocycles. The molecular formula is C19H16N2O2. The van der Waals surface area contributed by atoms with Gasteiger partial charge in [0.05, 0.1) is 6.54 Å². The molecular weight excluding hydrogens is 288 g/mol. The van der Waals surface area contributed by atoms with Gasteiger partial charge in [0, 0.05) is 23.5 Å². The molecule has 2 aromatic carbocycles. The second-order valence-corrected chi connectivity index (χ2v) is 5.19. The smallest absolute Gasteiger partial charge is 0.307 e.